The quantitative estimate of drug-likeness (QED) is 0.483. The Balaban J connectivity index is 2.03. The summed E-state index contributed by atoms with van der Waals surface area (Å²) in [5, 5.41) is 7.72. The molecule has 4 nitrogen and oxygen atoms in total. The lowest BCUT2D eigenvalue weighted by Gasteiger charge is -2.20. The van der Waals surface area contributed by atoms with Gasteiger partial charge in [-0.2, -0.15) is 13.2 Å². The van der Waals surface area contributed by atoms with Gasteiger partial charge in [-0.3, -0.25) is 4.40 Å². The number of halogens is 5. The zero-order valence-electron chi connectivity index (χ0n) is 16.1. The molecule has 1 aromatic carbocycles. The zero-order chi connectivity index (χ0) is 21.3. The number of pyridine rings is 1. The van der Waals surface area contributed by atoms with Crippen LogP contribution in [0.1, 0.15) is 50.2 Å². The van der Waals surface area contributed by atoms with Crippen molar-refractivity contribution in [2.24, 2.45) is 5.92 Å². The minimum atomic E-state index is -4.70. The highest BCUT2D eigenvalue weighted by Gasteiger charge is 2.39. The highest BCUT2D eigenvalue weighted by Crippen LogP contribution is 2.38. The lowest BCUT2D eigenvalue weighted by atomic mass is 10.0. The number of benzene rings is 1. The molecule has 0 spiro atoms. The topological polar surface area (TPSA) is 39.4 Å². The summed E-state index contributed by atoms with van der Waals surface area (Å²) in [6, 6.07) is 4.09. The number of ether oxygens (including phenoxy) is 1. The van der Waals surface area contributed by atoms with E-state index >= 15 is 0 Å². The Morgan fingerprint density at radius 2 is 1.79 bits per heavy atom. The maximum Gasteiger partial charge on any atom is 0.420 e. The Bertz CT molecular complexity index is 1020. The third kappa shape index (κ3) is 4.33. The smallest absolute Gasteiger partial charge is 0.420 e. The van der Waals surface area contributed by atoms with E-state index in [4.69, 9.17) is 4.74 Å². The molecule has 0 N–H and O–H groups in total. The van der Waals surface area contributed by atoms with Gasteiger partial charge in [-0.05, 0) is 31.0 Å². The molecule has 0 amide bonds. The number of fused-ring (bicyclic) bond motifs is 1. The fraction of sp³-hybridized carbons (Fsp3) is 0.400. The van der Waals surface area contributed by atoms with Gasteiger partial charge in [-0.1, -0.05) is 20.3 Å². The molecule has 0 aliphatic heterocycles. The highest BCUT2D eigenvalue weighted by molar-refractivity contribution is 5.54. The molecular formula is C20H20F5N3O. The minimum Gasteiger partial charge on any atom is -0.486 e. The molecule has 0 bridgehead atoms. The molecule has 2 unspecified atom stereocenters. The van der Waals surface area contributed by atoms with Gasteiger partial charge in [0.2, 0.25) is 0 Å². The van der Waals surface area contributed by atoms with E-state index in [1.54, 1.807) is 0 Å². The molecule has 9 heteroatoms. The van der Waals surface area contributed by atoms with Crippen molar-refractivity contribution in [2.75, 3.05) is 0 Å². The maximum atomic E-state index is 13.9. The summed E-state index contributed by atoms with van der Waals surface area (Å²) in [4.78, 5) is 0. The predicted molar refractivity (Wildman–Crippen MR) is 96.5 cm³/mol. The number of alkyl halides is 3. The molecule has 0 fully saturated rings. The molecule has 0 saturated carbocycles. The molecule has 0 aliphatic carbocycles. The van der Waals surface area contributed by atoms with Crippen molar-refractivity contribution < 1.29 is 26.7 Å². The Morgan fingerprint density at radius 1 is 1.07 bits per heavy atom. The zero-order valence-corrected chi connectivity index (χ0v) is 16.1. The largest absolute Gasteiger partial charge is 0.486 e. The van der Waals surface area contributed by atoms with Gasteiger partial charge < -0.3 is 4.74 Å². The van der Waals surface area contributed by atoms with E-state index in [0.717, 1.165) is 24.6 Å². The second-order valence-corrected chi connectivity index (χ2v) is 7.01. The van der Waals surface area contributed by atoms with Crippen molar-refractivity contribution in [3.05, 3.63) is 59.0 Å². The van der Waals surface area contributed by atoms with Gasteiger partial charge in [-0.15, -0.1) is 10.2 Å². The minimum absolute atomic E-state index is 0.0803. The van der Waals surface area contributed by atoms with Crippen LogP contribution < -0.4 is 4.74 Å². The van der Waals surface area contributed by atoms with Gasteiger partial charge in [0.1, 0.15) is 23.2 Å². The lowest BCUT2D eigenvalue weighted by molar-refractivity contribution is -0.138. The first kappa shape index (κ1) is 21.0. The standard InChI is InChI=1S/C20H20F5N3O/c1-4-11(2)9-17-26-27-19-18(20(23,24)25)14(7-8-28(17)19)12(3)29-13-5-6-15(21)16(22)10-13/h5-8,10-12H,4,9H2,1-3H3. The van der Waals surface area contributed by atoms with Crippen LogP contribution in [0.3, 0.4) is 0 Å². The number of nitrogens with zero attached hydrogens (tertiary/aromatic N) is 3. The van der Waals surface area contributed by atoms with E-state index in [9.17, 15) is 22.0 Å². The molecule has 0 aliphatic rings. The summed E-state index contributed by atoms with van der Waals surface area (Å²) in [5.41, 5.74) is -1.44. The van der Waals surface area contributed by atoms with Crippen LogP contribution in [-0.4, -0.2) is 14.6 Å². The van der Waals surface area contributed by atoms with Crippen molar-refractivity contribution >= 4 is 5.65 Å². The average Bonchev–Trinajstić information content (AvgIpc) is 3.05. The van der Waals surface area contributed by atoms with E-state index in [1.807, 2.05) is 13.8 Å². The van der Waals surface area contributed by atoms with Gasteiger partial charge >= 0.3 is 6.18 Å². The monoisotopic (exact) mass is 413 g/mol. The normalized spacial score (nSPS) is 14.2. The molecule has 156 valence electrons. The van der Waals surface area contributed by atoms with Crippen LogP contribution in [0.15, 0.2) is 30.5 Å². The van der Waals surface area contributed by atoms with Crippen LogP contribution in [0.2, 0.25) is 0 Å². The Morgan fingerprint density at radius 3 is 2.41 bits per heavy atom. The molecule has 3 rings (SSSR count). The molecular weight excluding hydrogens is 393 g/mol. The Labute approximate surface area is 164 Å². The summed E-state index contributed by atoms with van der Waals surface area (Å²) < 4.78 is 74.9. The van der Waals surface area contributed by atoms with Crippen LogP contribution in [-0.2, 0) is 12.6 Å². The average molecular weight is 413 g/mol. The van der Waals surface area contributed by atoms with Crippen molar-refractivity contribution in [1.82, 2.24) is 14.6 Å². The molecule has 0 radical (unpaired) electrons. The van der Waals surface area contributed by atoms with Gasteiger partial charge in [0.15, 0.2) is 17.3 Å². The molecule has 0 saturated heterocycles. The van der Waals surface area contributed by atoms with Crippen molar-refractivity contribution in [3.8, 4) is 5.75 Å². The highest BCUT2D eigenvalue weighted by atomic mass is 19.4. The van der Waals surface area contributed by atoms with E-state index in [-0.39, 0.29) is 22.9 Å². The van der Waals surface area contributed by atoms with Gasteiger partial charge in [0.25, 0.3) is 0 Å². The third-order valence-electron chi connectivity index (χ3n) is 4.84. The summed E-state index contributed by atoms with van der Waals surface area (Å²) in [6.07, 6.45) is -2.96. The summed E-state index contributed by atoms with van der Waals surface area (Å²) >= 11 is 0. The first-order valence-electron chi connectivity index (χ1n) is 9.17. The van der Waals surface area contributed by atoms with Crippen LogP contribution >= 0.6 is 0 Å². The van der Waals surface area contributed by atoms with Gasteiger partial charge in [0, 0.05) is 24.2 Å². The van der Waals surface area contributed by atoms with Crippen LogP contribution in [0.4, 0.5) is 22.0 Å². The summed E-state index contributed by atoms with van der Waals surface area (Å²) in [5.74, 6) is -1.61. The second kappa shape index (κ2) is 7.96. The lowest BCUT2D eigenvalue weighted by Crippen LogP contribution is -2.16. The first-order valence-corrected chi connectivity index (χ1v) is 9.17. The fourth-order valence-corrected chi connectivity index (χ4v) is 3.06. The third-order valence-corrected chi connectivity index (χ3v) is 4.84. The Hall–Kier alpha value is -2.71. The van der Waals surface area contributed by atoms with E-state index < -0.39 is 29.5 Å². The SMILES string of the molecule is CCC(C)Cc1nnc2c(C(F)(F)F)c(C(C)Oc3ccc(F)c(F)c3)ccn12. The van der Waals surface area contributed by atoms with Crippen molar-refractivity contribution in [2.45, 2.75) is 45.9 Å². The van der Waals surface area contributed by atoms with Crippen LogP contribution in [0.5, 0.6) is 5.75 Å². The Kier molecular flexibility index (Phi) is 5.77. The van der Waals surface area contributed by atoms with Crippen molar-refractivity contribution in [1.29, 1.82) is 0 Å². The predicted octanol–water partition coefficient (Wildman–Crippen LogP) is 5.75. The van der Waals surface area contributed by atoms with E-state index in [1.165, 1.54) is 23.6 Å². The van der Waals surface area contributed by atoms with Gasteiger partial charge in [-0.25, -0.2) is 8.78 Å². The second-order valence-electron chi connectivity index (χ2n) is 7.01. The number of aromatic nitrogens is 3. The van der Waals surface area contributed by atoms with Gasteiger partial charge in [0.05, 0.1) is 0 Å². The number of hydrogen-bond acceptors (Lipinski definition) is 3. The number of hydrogen-bond donors (Lipinski definition) is 0. The molecule has 2 atom stereocenters. The summed E-state index contributed by atoms with van der Waals surface area (Å²) in [7, 11) is 0. The molecule has 2 heterocycles. The summed E-state index contributed by atoms with van der Waals surface area (Å²) in [6.45, 7) is 5.38. The molecule has 2 aromatic heterocycles. The maximum absolute atomic E-state index is 13.9. The fourth-order valence-electron chi connectivity index (χ4n) is 3.06. The van der Waals surface area contributed by atoms with Crippen molar-refractivity contribution in [3.63, 3.8) is 0 Å². The first-order chi connectivity index (χ1) is 13.6. The molecule has 3 aromatic rings. The van der Waals surface area contributed by atoms with Crippen LogP contribution in [0.25, 0.3) is 5.65 Å². The van der Waals surface area contributed by atoms with E-state index in [0.29, 0.717) is 12.2 Å². The van der Waals surface area contributed by atoms with E-state index in [2.05, 4.69) is 10.2 Å². The molecule has 29 heavy (non-hydrogen) atoms. The number of rotatable bonds is 6. The van der Waals surface area contributed by atoms with Crippen LogP contribution in [0, 0.1) is 17.6 Å².